The Kier molecular flexibility index (Phi) is 5.28. The van der Waals surface area contributed by atoms with Crippen LogP contribution >= 0.6 is 11.3 Å². The van der Waals surface area contributed by atoms with E-state index in [1.807, 2.05) is 24.2 Å². The van der Waals surface area contributed by atoms with Crippen LogP contribution in [0.2, 0.25) is 0 Å². The van der Waals surface area contributed by atoms with E-state index in [0.717, 1.165) is 38.2 Å². The molecular formula is C18H23N3OS. The van der Waals surface area contributed by atoms with Gasteiger partial charge in [-0.3, -0.25) is 4.79 Å². The molecule has 1 fully saturated rings. The number of piperidine rings is 1. The maximum atomic E-state index is 12.5. The topological polar surface area (TPSA) is 45.2 Å². The number of aromatic nitrogens is 1. The number of likely N-dealkylation sites (tertiary alicyclic amines) is 1. The molecule has 1 aliphatic rings. The van der Waals surface area contributed by atoms with Gasteiger partial charge in [0.25, 0.3) is 0 Å². The first-order valence-corrected chi connectivity index (χ1v) is 9.08. The van der Waals surface area contributed by atoms with Crippen LogP contribution in [0.3, 0.4) is 0 Å². The number of anilines is 1. The SMILES string of the molecule is CNc1cc([C@@H]2CCCN(C(=O)CCc3cccs3)C2)ccn1. The van der Waals surface area contributed by atoms with Gasteiger partial charge >= 0.3 is 0 Å². The molecule has 2 aromatic heterocycles. The van der Waals surface area contributed by atoms with Crippen molar-refractivity contribution in [1.29, 1.82) is 0 Å². The van der Waals surface area contributed by atoms with Crippen LogP contribution < -0.4 is 5.32 Å². The van der Waals surface area contributed by atoms with Crippen LogP contribution in [0.4, 0.5) is 5.82 Å². The van der Waals surface area contributed by atoms with E-state index < -0.39 is 0 Å². The maximum Gasteiger partial charge on any atom is 0.222 e. The Hall–Kier alpha value is -1.88. The number of pyridine rings is 1. The van der Waals surface area contributed by atoms with Crippen LogP contribution in [0.15, 0.2) is 35.8 Å². The highest BCUT2D eigenvalue weighted by Crippen LogP contribution is 2.28. The first kappa shape index (κ1) is 16.0. The normalized spacial score (nSPS) is 18.0. The third-order valence-electron chi connectivity index (χ3n) is 4.45. The van der Waals surface area contributed by atoms with E-state index in [0.29, 0.717) is 12.3 Å². The molecule has 1 amide bonds. The van der Waals surface area contributed by atoms with Crippen molar-refractivity contribution in [3.05, 3.63) is 46.3 Å². The summed E-state index contributed by atoms with van der Waals surface area (Å²) in [6.45, 7) is 1.72. The van der Waals surface area contributed by atoms with E-state index in [9.17, 15) is 4.79 Å². The molecule has 4 nitrogen and oxygen atoms in total. The lowest BCUT2D eigenvalue weighted by atomic mass is 9.91. The fourth-order valence-electron chi connectivity index (χ4n) is 3.16. The van der Waals surface area contributed by atoms with E-state index in [1.54, 1.807) is 11.3 Å². The molecule has 1 saturated heterocycles. The predicted octanol–water partition coefficient (Wildman–Crippen LogP) is 3.52. The third-order valence-corrected chi connectivity index (χ3v) is 5.39. The summed E-state index contributed by atoms with van der Waals surface area (Å²) in [5.41, 5.74) is 1.28. The largest absolute Gasteiger partial charge is 0.373 e. The molecule has 23 heavy (non-hydrogen) atoms. The van der Waals surface area contributed by atoms with Crippen LogP contribution in [-0.4, -0.2) is 35.9 Å². The molecule has 1 N–H and O–H groups in total. The van der Waals surface area contributed by atoms with E-state index in [4.69, 9.17) is 0 Å². The van der Waals surface area contributed by atoms with Crippen molar-refractivity contribution in [2.24, 2.45) is 0 Å². The number of carbonyl (C=O) groups excluding carboxylic acids is 1. The molecular weight excluding hydrogens is 306 g/mol. The lowest BCUT2D eigenvalue weighted by molar-refractivity contribution is -0.132. The van der Waals surface area contributed by atoms with E-state index in [-0.39, 0.29) is 5.91 Å². The van der Waals surface area contributed by atoms with Crippen LogP contribution in [0.25, 0.3) is 0 Å². The Morgan fingerprint density at radius 1 is 1.48 bits per heavy atom. The van der Waals surface area contributed by atoms with Crippen LogP contribution in [0.5, 0.6) is 0 Å². The molecule has 0 unspecified atom stereocenters. The zero-order valence-electron chi connectivity index (χ0n) is 13.5. The molecule has 0 spiro atoms. The number of nitrogens with zero attached hydrogens (tertiary/aromatic N) is 2. The van der Waals surface area contributed by atoms with E-state index in [2.05, 4.69) is 33.9 Å². The minimum absolute atomic E-state index is 0.283. The Balaban J connectivity index is 1.59. The highest BCUT2D eigenvalue weighted by Gasteiger charge is 2.24. The van der Waals surface area contributed by atoms with Gasteiger partial charge in [0, 0.05) is 43.5 Å². The Labute approximate surface area is 141 Å². The first-order chi connectivity index (χ1) is 11.3. The van der Waals surface area contributed by atoms with Gasteiger partial charge in [0.05, 0.1) is 0 Å². The lowest BCUT2D eigenvalue weighted by Gasteiger charge is -2.33. The minimum atomic E-state index is 0.283. The predicted molar refractivity (Wildman–Crippen MR) is 95.0 cm³/mol. The second-order valence-electron chi connectivity index (χ2n) is 5.98. The van der Waals surface area contributed by atoms with E-state index in [1.165, 1.54) is 10.4 Å². The van der Waals surface area contributed by atoms with Gasteiger partial charge in [-0.25, -0.2) is 4.98 Å². The summed E-state index contributed by atoms with van der Waals surface area (Å²) < 4.78 is 0. The molecule has 122 valence electrons. The summed E-state index contributed by atoms with van der Waals surface area (Å²) >= 11 is 1.73. The number of thiophene rings is 1. The summed E-state index contributed by atoms with van der Waals surface area (Å²) in [6, 6.07) is 8.33. The Bertz CT molecular complexity index is 641. The molecule has 0 bridgehead atoms. The van der Waals surface area contributed by atoms with Gasteiger partial charge in [-0.2, -0.15) is 0 Å². The van der Waals surface area contributed by atoms with Gasteiger partial charge in [-0.05, 0) is 48.4 Å². The Morgan fingerprint density at radius 3 is 3.17 bits per heavy atom. The molecule has 0 saturated carbocycles. The number of hydrogen-bond donors (Lipinski definition) is 1. The fourth-order valence-corrected chi connectivity index (χ4v) is 3.87. The maximum absolute atomic E-state index is 12.5. The average molecular weight is 329 g/mol. The molecule has 0 radical (unpaired) electrons. The van der Waals surface area contributed by atoms with Gasteiger partial charge in [-0.15, -0.1) is 11.3 Å². The molecule has 1 atom stereocenters. The number of hydrogen-bond acceptors (Lipinski definition) is 4. The van der Waals surface area contributed by atoms with Crippen molar-refractivity contribution in [3.8, 4) is 0 Å². The number of nitrogens with one attached hydrogen (secondary N) is 1. The van der Waals surface area contributed by atoms with E-state index >= 15 is 0 Å². The van der Waals surface area contributed by atoms with Gasteiger partial charge < -0.3 is 10.2 Å². The summed E-state index contributed by atoms with van der Waals surface area (Å²) in [4.78, 5) is 20.1. The van der Waals surface area contributed by atoms with Gasteiger partial charge in [0.1, 0.15) is 5.82 Å². The molecule has 1 aliphatic heterocycles. The van der Waals surface area contributed by atoms with Crippen molar-refractivity contribution >= 4 is 23.1 Å². The summed E-state index contributed by atoms with van der Waals surface area (Å²) in [5, 5.41) is 5.15. The van der Waals surface area contributed by atoms with Crippen LogP contribution in [-0.2, 0) is 11.2 Å². The highest BCUT2D eigenvalue weighted by atomic mass is 32.1. The fraction of sp³-hybridized carbons (Fsp3) is 0.444. The molecule has 0 aliphatic carbocycles. The van der Waals surface area contributed by atoms with Gasteiger partial charge in [0.15, 0.2) is 0 Å². The minimum Gasteiger partial charge on any atom is -0.373 e. The summed E-state index contributed by atoms with van der Waals surface area (Å²) in [6.07, 6.45) is 5.54. The third kappa shape index (κ3) is 4.10. The standard InChI is InChI=1S/C18H23N3OS/c1-19-17-12-14(8-9-20-17)15-4-2-10-21(13-15)18(22)7-6-16-5-3-11-23-16/h3,5,8-9,11-12,15H,2,4,6-7,10,13H2,1H3,(H,19,20)/t15-/m1/s1. The molecule has 2 aromatic rings. The number of carbonyl (C=O) groups is 1. The van der Waals surface area contributed by atoms with Gasteiger partial charge in [0.2, 0.25) is 5.91 Å². The van der Waals surface area contributed by atoms with Crippen molar-refractivity contribution in [3.63, 3.8) is 0 Å². The molecule has 0 aromatic carbocycles. The lowest BCUT2D eigenvalue weighted by Crippen LogP contribution is -2.39. The van der Waals surface area contributed by atoms with Crippen molar-refractivity contribution < 1.29 is 4.79 Å². The zero-order valence-corrected chi connectivity index (χ0v) is 14.3. The van der Waals surface area contributed by atoms with Crippen molar-refractivity contribution in [2.75, 3.05) is 25.5 Å². The molecule has 3 heterocycles. The van der Waals surface area contributed by atoms with Gasteiger partial charge in [-0.1, -0.05) is 6.07 Å². The Morgan fingerprint density at radius 2 is 2.39 bits per heavy atom. The average Bonchev–Trinajstić information content (AvgIpc) is 3.13. The number of aryl methyl sites for hydroxylation is 1. The quantitative estimate of drug-likeness (QED) is 0.913. The number of rotatable bonds is 5. The highest BCUT2D eigenvalue weighted by molar-refractivity contribution is 7.09. The van der Waals surface area contributed by atoms with Crippen molar-refractivity contribution in [2.45, 2.75) is 31.6 Å². The second kappa shape index (κ2) is 7.59. The zero-order chi connectivity index (χ0) is 16.1. The first-order valence-electron chi connectivity index (χ1n) is 8.20. The number of amides is 1. The summed E-state index contributed by atoms with van der Waals surface area (Å²) in [7, 11) is 1.88. The summed E-state index contributed by atoms with van der Waals surface area (Å²) in [5.74, 6) is 1.60. The second-order valence-corrected chi connectivity index (χ2v) is 7.01. The molecule has 5 heteroatoms. The monoisotopic (exact) mass is 329 g/mol. The van der Waals surface area contributed by atoms with Crippen LogP contribution in [0.1, 0.15) is 35.6 Å². The molecule has 3 rings (SSSR count). The smallest absolute Gasteiger partial charge is 0.222 e. The van der Waals surface area contributed by atoms with Crippen molar-refractivity contribution in [1.82, 2.24) is 9.88 Å². The van der Waals surface area contributed by atoms with Crippen LogP contribution in [0, 0.1) is 0 Å².